The maximum absolute atomic E-state index is 13.5. The van der Waals surface area contributed by atoms with Gasteiger partial charge in [0.2, 0.25) is 0 Å². The lowest BCUT2D eigenvalue weighted by atomic mass is 10.1. The minimum absolute atomic E-state index is 0.242. The second-order valence-corrected chi connectivity index (χ2v) is 5.28. The van der Waals surface area contributed by atoms with Gasteiger partial charge in [-0.3, -0.25) is 0 Å². The molecule has 2 aromatic rings. The van der Waals surface area contributed by atoms with Crippen molar-refractivity contribution in [1.82, 2.24) is 0 Å². The maximum atomic E-state index is 13.5. The van der Waals surface area contributed by atoms with Crippen molar-refractivity contribution in [1.29, 1.82) is 0 Å². The maximum Gasteiger partial charge on any atom is 0.138 e. The van der Waals surface area contributed by atoms with E-state index in [0.717, 1.165) is 17.1 Å². The van der Waals surface area contributed by atoms with Gasteiger partial charge in [0.15, 0.2) is 0 Å². The summed E-state index contributed by atoms with van der Waals surface area (Å²) in [6.45, 7) is 0.242. The largest absolute Gasteiger partial charge is 0.320 e. The summed E-state index contributed by atoms with van der Waals surface area (Å²) in [7, 11) is 0. The second-order valence-electron chi connectivity index (χ2n) is 4.30. The Kier molecular flexibility index (Phi) is 5.67. The SMILES string of the molecule is NCC#Cc1cc(CSCc2ccccc2)ccc1F. The number of nitrogens with two attached hydrogens (primary N) is 1. The van der Waals surface area contributed by atoms with Gasteiger partial charge in [-0.2, -0.15) is 11.8 Å². The van der Waals surface area contributed by atoms with Crippen LogP contribution in [0.5, 0.6) is 0 Å². The van der Waals surface area contributed by atoms with Crippen LogP contribution in [-0.2, 0) is 11.5 Å². The molecular weight excluding hydrogens is 269 g/mol. The van der Waals surface area contributed by atoms with E-state index in [-0.39, 0.29) is 12.4 Å². The van der Waals surface area contributed by atoms with Crippen molar-refractivity contribution in [2.75, 3.05) is 6.54 Å². The number of rotatable bonds is 4. The molecule has 0 atom stereocenters. The van der Waals surface area contributed by atoms with Crippen LogP contribution in [0.2, 0.25) is 0 Å². The number of hydrogen-bond acceptors (Lipinski definition) is 2. The van der Waals surface area contributed by atoms with Crippen LogP contribution in [0.15, 0.2) is 48.5 Å². The fourth-order valence-corrected chi connectivity index (χ4v) is 2.71. The van der Waals surface area contributed by atoms with Crippen molar-refractivity contribution in [2.45, 2.75) is 11.5 Å². The first-order valence-electron chi connectivity index (χ1n) is 6.38. The fraction of sp³-hybridized carbons (Fsp3) is 0.176. The standard InChI is InChI=1S/C17H16FNS/c18-17-9-8-15(11-16(17)7-4-10-19)13-20-12-14-5-2-1-3-6-14/h1-3,5-6,8-9,11H,10,12-13,19H2. The first-order chi connectivity index (χ1) is 9.79. The molecule has 0 saturated carbocycles. The van der Waals surface area contributed by atoms with E-state index in [1.807, 2.05) is 18.2 Å². The summed E-state index contributed by atoms with van der Waals surface area (Å²) in [5, 5.41) is 0. The van der Waals surface area contributed by atoms with Crippen LogP contribution < -0.4 is 5.73 Å². The zero-order valence-corrected chi connectivity index (χ0v) is 11.9. The lowest BCUT2D eigenvalue weighted by molar-refractivity contribution is 0.624. The van der Waals surface area contributed by atoms with Crippen LogP contribution in [-0.4, -0.2) is 6.54 Å². The van der Waals surface area contributed by atoms with Crippen molar-refractivity contribution in [2.24, 2.45) is 5.73 Å². The van der Waals surface area contributed by atoms with Gasteiger partial charge >= 0.3 is 0 Å². The highest BCUT2D eigenvalue weighted by Crippen LogP contribution is 2.19. The number of thioether (sulfide) groups is 1. The zero-order valence-electron chi connectivity index (χ0n) is 11.1. The van der Waals surface area contributed by atoms with Crippen molar-refractivity contribution in [3.8, 4) is 11.8 Å². The van der Waals surface area contributed by atoms with Crippen LogP contribution in [0.3, 0.4) is 0 Å². The van der Waals surface area contributed by atoms with Gasteiger partial charge in [0.1, 0.15) is 5.82 Å². The smallest absolute Gasteiger partial charge is 0.138 e. The molecule has 2 N–H and O–H groups in total. The topological polar surface area (TPSA) is 26.0 Å². The molecule has 0 spiro atoms. The van der Waals surface area contributed by atoms with Gasteiger partial charge in [0.25, 0.3) is 0 Å². The molecule has 0 aromatic heterocycles. The van der Waals surface area contributed by atoms with Crippen LogP contribution in [0.4, 0.5) is 4.39 Å². The first kappa shape index (κ1) is 14.6. The normalized spacial score (nSPS) is 9.90. The lowest BCUT2D eigenvalue weighted by Crippen LogP contribution is -1.94. The molecular formula is C17H16FNS. The Morgan fingerprint density at radius 2 is 1.75 bits per heavy atom. The average molecular weight is 285 g/mol. The van der Waals surface area contributed by atoms with Crippen molar-refractivity contribution in [3.05, 3.63) is 71.0 Å². The number of halogens is 1. The van der Waals surface area contributed by atoms with E-state index in [0.29, 0.717) is 5.56 Å². The first-order valence-corrected chi connectivity index (χ1v) is 7.54. The molecule has 1 nitrogen and oxygen atoms in total. The summed E-state index contributed by atoms with van der Waals surface area (Å²) in [5.41, 5.74) is 8.10. The zero-order chi connectivity index (χ0) is 14.2. The minimum atomic E-state index is -0.289. The van der Waals surface area contributed by atoms with E-state index >= 15 is 0 Å². The molecule has 0 saturated heterocycles. The van der Waals surface area contributed by atoms with Gasteiger partial charge in [-0.1, -0.05) is 48.2 Å². The van der Waals surface area contributed by atoms with Crippen molar-refractivity contribution in [3.63, 3.8) is 0 Å². The summed E-state index contributed by atoms with van der Waals surface area (Å²) in [6.07, 6.45) is 0. The Hall–Kier alpha value is -1.76. The third kappa shape index (κ3) is 4.41. The molecule has 2 aromatic carbocycles. The van der Waals surface area contributed by atoms with Gasteiger partial charge in [0.05, 0.1) is 12.1 Å². The third-order valence-electron chi connectivity index (χ3n) is 2.74. The molecule has 0 fully saturated rings. The highest BCUT2D eigenvalue weighted by molar-refractivity contribution is 7.97. The summed E-state index contributed by atoms with van der Waals surface area (Å²) in [6, 6.07) is 15.4. The molecule has 3 heteroatoms. The van der Waals surface area contributed by atoms with E-state index in [4.69, 9.17) is 5.73 Å². The summed E-state index contributed by atoms with van der Waals surface area (Å²) in [4.78, 5) is 0. The average Bonchev–Trinajstić information content (AvgIpc) is 2.49. The summed E-state index contributed by atoms with van der Waals surface area (Å²) < 4.78 is 13.5. The van der Waals surface area contributed by atoms with Crippen LogP contribution in [0.1, 0.15) is 16.7 Å². The third-order valence-corrected chi connectivity index (χ3v) is 3.81. The predicted octanol–water partition coefficient (Wildman–Crippen LogP) is 3.57. The summed E-state index contributed by atoms with van der Waals surface area (Å²) >= 11 is 1.80. The van der Waals surface area contributed by atoms with E-state index in [1.54, 1.807) is 23.9 Å². The van der Waals surface area contributed by atoms with E-state index in [1.165, 1.54) is 11.6 Å². The second kappa shape index (κ2) is 7.74. The highest BCUT2D eigenvalue weighted by atomic mass is 32.2. The van der Waals surface area contributed by atoms with Gasteiger partial charge in [-0.05, 0) is 23.3 Å². The Balaban J connectivity index is 1.96. The van der Waals surface area contributed by atoms with E-state index in [2.05, 4.69) is 24.0 Å². The molecule has 2 rings (SSSR count). The molecule has 0 amide bonds. The van der Waals surface area contributed by atoms with Crippen molar-refractivity contribution >= 4 is 11.8 Å². The molecule has 0 aliphatic carbocycles. The molecule has 20 heavy (non-hydrogen) atoms. The quantitative estimate of drug-likeness (QED) is 0.869. The van der Waals surface area contributed by atoms with Crippen LogP contribution >= 0.6 is 11.8 Å². The van der Waals surface area contributed by atoms with Gasteiger partial charge in [-0.15, -0.1) is 0 Å². The molecule has 0 aliphatic heterocycles. The molecule has 0 bridgehead atoms. The lowest BCUT2D eigenvalue weighted by Gasteiger charge is -2.04. The molecule has 0 radical (unpaired) electrons. The monoisotopic (exact) mass is 285 g/mol. The molecule has 0 aliphatic rings. The van der Waals surface area contributed by atoms with Gasteiger partial charge < -0.3 is 5.73 Å². The predicted molar refractivity (Wildman–Crippen MR) is 83.8 cm³/mol. The minimum Gasteiger partial charge on any atom is -0.320 e. The fourth-order valence-electron chi connectivity index (χ4n) is 1.77. The number of benzene rings is 2. The van der Waals surface area contributed by atoms with E-state index in [9.17, 15) is 4.39 Å². The van der Waals surface area contributed by atoms with E-state index < -0.39 is 0 Å². The van der Waals surface area contributed by atoms with Crippen LogP contribution in [0, 0.1) is 17.7 Å². The Labute approximate surface area is 123 Å². The molecule has 102 valence electrons. The van der Waals surface area contributed by atoms with Crippen LogP contribution in [0.25, 0.3) is 0 Å². The van der Waals surface area contributed by atoms with Gasteiger partial charge in [-0.25, -0.2) is 4.39 Å². The number of hydrogen-bond donors (Lipinski definition) is 1. The highest BCUT2D eigenvalue weighted by Gasteiger charge is 2.02. The molecule has 0 unspecified atom stereocenters. The summed E-state index contributed by atoms with van der Waals surface area (Å²) in [5.74, 6) is 6.94. The Morgan fingerprint density at radius 1 is 1.00 bits per heavy atom. The Bertz CT molecular complexity index is 614. The Morgan fingerprint density at radius 3 is 2.50 bits per heavy atom. The van der Waals surface area contributed by atoms with Gasteiger partial charge in [0, 0.05) is 11.5 Å². The molecule has 0 heterocycles. The van der Waals surface area contributed by atoms with Crippen molar-refractivity contribution < 1.29 is 4.39 Å².